The summed E-state index contributed by atoms with van der Waals surface area (Å²) in [6.07, 6.45) is 0. The molecule has 0 heterocycles. The van der Waals surface area contributed by atoms with Crippen molar-refractivity contribution in [3.63, 3.8) is 0 Å². The number of carbonyl (C=O) groups is 1. The molecule has 0 fully saturated rings. The van der Waals surface area contributed by atoms with Gasteiger partial charge < -0.3 is 16.6 Å². The Morgan fingerprint density at radius 2 is 1.52 bits per heavy atom. The van der Waals surface area contributed by atoms with E-state index in [0.29, 0.717) is 0 Å². The van der Waals surface area contributed by atoms with Crippen LogP contribution in [0.2, 0.25) is 0 Å². The van der Waals surface area contributed by atoms with Crippen LogP contribution < -0.4 is 11.5 Å². The van der Waals surface area contributed by atoms with Gasteiger partial charge in [0.25, 0.3) is 11.4 Å². The molecule has 0 spiro atoms. The zero-order valence-corrected chi connectivity index (χ0v) is 11.4. The highest BCUT2D eigenvalue weighted by molar-refractivity contribution is 6.02. The Balaban J connectivity index is 2.95. The van der Waals surface area contributed by atoms with Gasteiger partial charge in [0.15, 0.2) is 0 Å². The van der Waals surface area contributed by atoms with E-state index in [9.17, 15) is 30.1 Å². The van der Waals surface area contributed by atoms with Crippen LogP contribution in [0.3, 0.4) is 0 Å². The molecule has 0 atom stereocenters. The first-order valence-corrected chi connectivity index (χ1v) is 6.08. The summed E-state index contributed by atoms with van der Waals surface area (Å²) < 4.78 is 0. The summed E-state index contributed by atoms with van der Waals surface area (Å²) in [7, 11) is 0. The van der Waals surface area contributed by atoms with Crippen molar-refractivity contribution in [2.75, 3.05) is 11.5 Å². The first-order chi connectivity index (χ1) is 10.7. The quantitative estimate of drug-likeness (QED) is 0.435. The fourth-order valence-corrected chi connectivity index (χ4v) is 2.16. The average molecular weight is 318 g/mol. The summed E-state index contributed by atoms with van der Waals surface area (Å²) in [4.78, 5) is 32.2. The first kappa shape index (κ1) is 15.7. The zero-order valence-electron chi connectivity index (χ0n) is 11.4. The molecule has 0 saturated heterocycles. The number of nitro groups is 2. The second-order valence-electron chi connectivity index (χ2n) is 4.56. The molecule has 2 rings (SSSR count). The van der Waals surface area contributed by atoms with E-state index in [1.807, 2.05) is 0 Å². The number of nitrogen functional groups attached to an aromatic ring is 2. The highest BCUT2D eigenvalue weighted by Crippen LogP contribution is 2.40. The van der Waals surface area contributed by atoms with Gasteiger partial charge >= 0.3 is 5.97 Å². The number of nitrogens with two attached hydrogens (primary N) is 2. The Morgan fingerprint density at radius 1 is 0.957 bits per heavy atom. The third-order valence-corrected chi connectivity index (χ3v) is 3.05. The number of rotatable bonds is 4. The maximum atomic E-state index is 11.4. The maximum Gasteiger partial charge on any atom is 0.336 e. The Kier molecular flexibility index (Phi) is 3.82. The van der Waals surface area contributed by atoms with Crippen molar-refractivity contribution in [2.24, 2.45) is 0 Å². The molecule has 0 aliphatic rings. The highest BCUT2D eigenvalue weighted by atomic mass is 16.6. The SMILES string of the molecule is Nc1ccc(-c2c(C(=O)O)cc(N)cc2[N+](=O)[O-])c([N+](=O)[O-])c1. The molecule has 2 aromatic rings. The zero-order chi connectivity index (χ0) is 17.3. The van der Waals surface area contributed by atoms with Gasteiger partial charge in [0.2, 0.25) is 0 Å². The lowest BCUT2D eigenvalue weighted by Crippen LogP contribution is -2.06. The molecule has 0 saturated carbocycles. The van der Waals surface area contributed by atoms with Crippen molar-refractivity contribution in [1.29, 1.82) is 0 Å². The van der Waals surface area contributed by atoms with Crippen LogP contribution in [-0.2, 0) is 0 Å². The predicted molar refractivity (Wildman–Crippen MR) is 81.0 cm³/mol. The number of carboxylic acid groups (broad SMARTS) is 1. The third kappa shape index (κ3) is 2.85. The lowest BCUT2D eigenvalue weighted by Gasteiger charge is -2.10. The summed E-state index contributed by atoms with van der Waals surface area (Å²) >= 11 is 0. The molecular formula is C13H10N4O6. The molecule has 10 heteroatoms. The maximum absolute atomic E-state index is 11.4. The van der Waals surface area contributed by atoms with Crippen molar-refractivity contribution in [2.45, 2.75) is 0 Å². The Hall–Kier alpha value is -3.69. The molecule has 0 amide bonds. The summed E-state index contributed by atoms with van der Waals surface area (Å²) in [5.41, 5.74) is 8.57. The minimum Gasteiger partial charge on any atom is -0.478 e. The predicted octanol–water partition coefficient (Wildman–Crippen LogP) is 2.03. The Morgan fingerprint density at radius 3 is 2.04 bits per heavy atom. The molecule has 0 unspecified atom stereocenters. The van der Waals surface area contributed by atoms with E-state index in [4.69, 9.17) is 11.5 Å². The number of aromatic carboxylic acids is 1. The minimum atomic E-state index is -1.50. The fraction of sp³-hybridized carbons (Fsp3) is 0. The van der Waals surface area contributed by atoms with E-state index in [1.54, 1.807) is 0 Å². The van der Waals surface area contributed by atoms with Crippen LogP contribution in [0, 0.1) is 20.2 Å². The van der Waals surface area contributed by atoms with E-state index in [-0.39, 0.29) is 16.9 Å². The number of carboxylic acids is 1. The van der Waals surface area contributed by atoms with Crippen LogP contribution in [-0.4, -0.2) is 20.9 Å². The lowest BCUT2D eigenvalue weighted by atomic mass is 9.95. The largest absolute Gasteiger partial charge is 0.478 e. The summed E-state index contributed by atoms with van der Waals surface area (Å²) in [5.74, 6) is -1.50. The van der Waals surface area contributed by atoms with Crippen LogP contribution in [0.15, 0.2) is 30.3 Å². The van der Waals surface area contributed by atoms with Crippen molar-refractivity contribution in [3.8, 4) is 11.1 Å². The molecule has 0 bridgehead atoms. The highest BCUT2D eigenvalue weighted by Gasteiger charge is 2.29. The molecule has 0 aliphatic carbocycles. The normalized spacial score (nSPS) is 10.3. The third-order valence-electron chi connectivity index (χ3n) is 3.05. The van der Waals surface area contributed by atoms with E-state index in [1.165, 1.54) is 12.1 Å². The Labute approximate surface area is 128 Å². The lowest BCUT2D eigenvalue weighted by molar-refractivity contribution is -0.386. The Bertz CT molecular complexity index is 813. The van der Waals surface area contributed by atoms with Gasteiger partial charge in [0.1, 0.15) is 0 Å². The minimum absolute atomic E-state index is 0.0652. The van der Waals surface area contributed by atoms with E-state index >= 15 is 0 Å². The molecule has 10 nitrogen and oxygen atoms in total. The van der Waals surface area contributed by atoms with Gasteiger partial charge in [-0.05, 0) is 18.2 Å². The topological polar surface area (TPSA) is 176 Å². The molecule has 5 N–H and O–H groups in total. The van der Waals surface area contributed by atoms with Gasteiger partial charge in [-0.2, -0.15) is 0 Å². The summed E-state index contributed by atoms with van der Waals surface area (Å²) in [6.45, 7) is 0. The summed E-state index contributed by atoms with van der Waals surface area (Å²) in [5, 5.41) is 31.7. The van der Waals surface area contributed by atoms with Crippen LogP contribution in [0.5, 0.6) is 0 Å². The molecule has 118 valence electrons. The van der Waals surface area contributed by atoms with Gasteiger partial charge in [-0.15, -0.1) is 0 Å². The first-order valence-electron chi connectivity index (χ1n) is 6.08. The van der Waals surface area contributed by atoms with Crippen LogP contribution >= 0.6 is 0 Å². The van der Waals surface area contributed by atoms with Crippen LogP contribution in [0.1, 0.15) is 10.4 Å². The fourth-order valence-electron chi connectivity index (χ4n) is 2.16. The molecule has 0 aromatic heterocycles. The number of nitro benzene ring substituents is 2. The van der Waals surface area contributed by atoms with E-state index < -0.39 is 38.3 Å². The standard InChI is InChI=1S/C13H10N4O6/c14-6-1-2-8(10(4-6)16(20)21)12-9(13(18)19)3-7(15)5-11(12)17(22)23/h1-5H,14-15H2,(H,18,19). The number of hydrogen-bond acceptors (Lipinski definition) is 7. The summed E-state index contributed by atoms with van der Waals surface area (Å²) in [6, 6.07) is 5.40. The molecule has 0 radical (unpaired) electrons. The van der Waals surface area contributed by atoms with Crippen molar-refractivity contribution < 1.29 is 19.7 Å². The number of nitrogens with zero attached hydrogens (tertiary/aromatic N) is 2. The van der Waals surface area contributed by atoms with Gasteiger partial charge in [0, 0.05) is 23.5 Å². The molecule has 23 heavy (non-hydrogen) atoms. The van der Waals surface area contributed by atoms with Gasteiger partial charge in [0.05, 0.1) is 26.5 Å². The van der Waals surface area contributed by atoms with Crippen molar-refractivity contribution in [1.82, 2.24) is 0 Å². The van der Waals surface area contributed by atoms with E-state index in [0.717, 1.165) is 18.2 Å². The monoisotopic (exact) mass is 318 g/mol. The average Bonchev–Trinajstić information content (AvgIpc) is 2.46. The number of anilines is 2. The number of benzene rings is 2. The van der Waals surface area contributed by atoms with Gasteiger partial charge in [-0.3, -0.25) is 20.2 Å². The van der Waals surface area contributed by atoms with Crippen molar-refractivity contribution >= 4 is 28.7 Å². The molecular weight excluding hydrogens is 308 g/mol. The second-order valence-corrected chi connectivity index (χ2v) is 4.56. The van der Waals surface area contributed by atoms with Gasteiger partial charge in [-0.25, -0.2) is 4.79 Å². The van der Waals surface area contributed by atoms with E-state index in [2.05, 4.69) is 0 Å². The smallest absolute Gasteiger partial charge is 0.336 e. The van der Waals surface area contributed by atoms with Crippen LogP contribution in [0.4, 0.5) is 22.7 Å². The van der Waals surface area contributed by atoms with Crippen LogP contribution in [0.25, 0.3) is 11.1 Å². The number of hydrogen-bond donors (Lipinski definition) is 3. The molecule has 0 aliphatic heterocycles. The van der Waals surface area contributed by atoms with Crippen molar-refractivity contribution in [3.05, 3.63) is 56.1 Å². The van der Waals surface area contributed by atoms with Gasteiger partial charge in [-0.1, -0.05) is 0 Å². The second kappa shape index (κ2) is 5.60. The molecule has 2 aromatic carbocycles.